The second kappa shape index (κ2) is 15.3. The first kappa shape index (κ1) is 36.5. The van der Waals surface area contributed by atoms with Crippen molar-refractivity contribution >= 4 is 47.0 Å². The molecule has 47 heavy (non-hydrogen) atoms. The molecular weight excluding hydrogens is 639 g/mol. The molecule has 2 aromatic carbocycles. The first-order valence-corrected chi connectivity index (χ1v) is 17.2. The topological polar surface area (TPSA) is 108 Å². The fourth-order valence-electron chi connectivity index (χ4n) is 6.46. The Balaban J connectivity index is 1.56. The van der Waals surface area contributed by atoms with E-state index in [2.05, 4.69) is 10.6 Å². The van der Waals surface area contributed by atoms with Crippen molar-refractivity contribution in [1.82, 2.24) is 20.4 Å². The van der Waals surface area contributed by atoms with Gasteiger partial charge < -0.3 is 25.2 Å². The summed E-state index contributed by atoms with van der Waals surface area (Å²) < 4.78 is 5.53. The number of hydrogen-bond donors (Lipinski definition) is 2. The Labute approximate surface area is 288 Å². The molecule has 11 heteroatoms. The maximum absolute atomic E-state index is 14.4. The van der Waals surface area contributed by atoms with Gasteiger partial charge >= 0.3 is 6.09 Å². The second-order valence-corrected chi connectivity index (χ2v) is 15.0. The predicted octanol–water partition coefficient (Wildman–Crippen LogP) is 6.05. The number of benzene rings is 2. The van der Waals surface area contributed by atoms with E-state index in [-0.39, 0.29) is 30.7 Å². The second-order valence-electron chi connectivity index (χ2n) is 14.2. The SMILES string of the molecule is CCNC(=O)[C@]1(Cc2ccccc2)CCCN(C(=O)C(Cc2ccc(Cl)c(Cl)c2)NC(=O)C2(C)CCN(C(=O)OC(C)(C)C)CC2)C1. The van der Waals surface area contributed by atoms with Crippen LogP contribution in [-0.4, -0.2) is 78.0 Å². The fourth-order valence-corrected chi connectivity index (χ4v) is 6.78. The Bertz CT molecular complexity index is 1440. The van der Waals surface area contributed by atoms with Gasteiger partial charge in [-0.15, -0.1) is 0 Å². The van der Waals surface area contributed by atoms with Crippen LogP contribution in [0.15, 0.2) is 48.5 Å². The van der Waals surface area contributed by atoms with Gasteiger partial charge in [-0.25, -0.2) is 4.79 Å². The monoisotopic (exact) mass is 686 g/mol. The molecule has 0 spiro atoms. The van der Waals surface area contributed by atoms with Crippen LogP contribution in [0.2, 0.25) is 10.0 Å². The molecule has 4 rings (SSSR count). The minimum Gasteiger partial charge on any atom is -0.444 e. The molecule has 9 nitrogen and oxygen atoms in total. The summed E-state index contributed by atoms with van der Waals surface area (Å²) in [7, 11) is 0. The van der Waals surface area contributed by atoms with Crippen molar-refractivity contribution in [3.8, 4) is 0 Å². The first-order valence-electron chi connectivity index (χ1n) is 16.5. The van der Waals surface area contributed by atoms with Crippen molar-refractivity contribution in [2.24, 2.45) is 10.8 Å². The largest absolute Gasteiger partial charge is 0.444 e. The molecule has 0 aliphatic carbocycles. The van der Waals surface area contributed by atoms with Crippen molar-refractivity contribution in [2.45, 2.75) is 84.8 Å². The van der Waals surface area contributed by atoms with E-state index < -0.39 is 28.6 Å². The van der Waals surface area contributed by atoms with Gasteiger partial charge in [-0.2, -0.15) is 0 Å². The molecule has 0 radical (unpaired) electrons. The number of rotatable bonds is 9. The fraction of sp³-hybridized carbons (Fsp3) is 0.556. The zero-order valence-corrected chi connectivity index (χ0v) is 29.7. The van der Waals surface area contributed by atoms with Crippen LogP contribution in [0.3, 0.4) is 0 Å². The molecule has 256 valence electrons. The lowest BCUT2D eigenvalue weighted by Gasteiger charge is -2.43. The van der Waals surface area contributed by atoms with Gasteiger partial charge in [-0.1, -0.05) is 66.5 Å². The van der Waals surface area contributed by atoms with Crippen LogP contribution >= 0.6 is 23.2 Å². The van der Waals surface area contributed by atoms with Gasteiger partial charge in [0.25, 0.3) is 0 Å². The lowest BCUT2D eigenvalue weighted by atomic mass is 9.74. The van der Waals surface area contributed by atoms with E-state index in [9.17, 15) is 19.2 Å². The Kier molecular flexibility index (Phi) is 11.9. The van der Waals surface area contributed by atoms with Gasteiger partial charge in [0.15, 0.2) is 0 Å². The number of piperidine rings is 2. The van der Waals surface area contributed by atoms with Crippen LogP contribution in [0, 0.1) is 10.8 Å². The molecule has 1 unspecified atom stereocenters. The molecule has 2 N–H and O–H groups in total. The van der Waals surface area contributed by atoms with Gasteiger partial charge in [0, 0.05) is 44.6 Å². The number of halogens is 2. The number of nitrogens with one attached hydrogen (secondary N) is 2. The average molecular weight is 688 g/mol. The summed E-state index contributed by atoms with van der Waals surface area (Å²) in [5, 5.41) is 6.85. The smallest absolute Gasteiger partial charge is 0.410 e. The van der Waals surface area contributed by atoms with E-state index in [1.54, 1.807) is 28.0 Å². The molecule has 2 aliphatic rings. The maximum atomic E-state index is 14.4. The quantitative estimate of drug-likeness (QED) is 0.334. The summed E-state index contributed by atoms with van der Waals surface area (Å²) in [5.41, 5.74) is -0.436. The molecule has 2 saturated heterocycles. The van der Waals surface area contributed by atoms with Crippen LogP contribution < -0.4 is 10.6 Å². The third kappa shape index (κ3) is 9.41. The molecule has 2 fully saturated rings. The number of hydrogen-bond acceptors (Lipinski definition) is 5. The molecule has 0 saturated carbocycles. The molecule has 0 bridgehead atoms. The Morgan fingerprint density at radius 1 is 0.894 bits per heavy atom. The Hall–Kier alpha value is -3.30. The van der Waals surface area contributed by atoms with Gasteiger partial charge in [-0.3, -0.25) is 14.4 Å². The van der Waals surface area contributed by atoms with Crippen LogP contribution in [0.4, 0.5) is 4.79 Å². The van der Waals surface area contributed by atoms with E-state index in [1.807, 2.05) is 65.0 Å². The highest BCUT2D eigenvalue weighted by Crippen LogP contribution is 2.36. The van der Waals surface area contributed by atoms with Crippen LogP contribution in [0.25, 0.3) is 0 Å². The molecule has 0 aromatic heterocycles. The Morgan fingerprint density at radius 2 is 1.57 bits per heavy atom. The van der Waals surface area contributed by atoms with Crippen LogP contribution in [-0.2, 0) is 32.0 Å². The van der Waals surface area contributed by atoms with E-state index in [4.69, 9.17) is 27.9 Å². The van der Waals surface area contributed by atoms with E-state index in [0.29, 0.717) is 68.3 Å². The summed E-state index contributed by atoms with van der Waals surface area (Å²) in [6.07, 6.45) is 2.45. The third-order valence-electron chi connectivity index (χ3n) is 9.19. The average Bonchev–Trinajstić information content (AvgIpc) is 3.02. The minimum atomic E-state index is -0.901. The highest BCUT2D eigenvalue weighted by Gasteiger charge is 2.45. The van der Waals surface area contributed by atoms with Crippen molar-refractivity contribution < 1.29 is 23.9 Å². The molecule has 2 heterocycles. The number of ether oxygens (including phenoxy) is 1. The summed E-state index contributed by atoms with van der Waals surface area (Å²) in [6.45, 7) is 11.2. The van der Waals surface area contributed by atoms with E-state index in [0.717, 1.165) is 11.1 Å². The number of likely N-dealkylation sites (tertiary alicyclic amines) is 2. The molecular formula is C36H48Cl2N4O5. The number of carbonyl (C=O) groups is 4. The standard InChI is InChI=1S/C36H48Cl2N4O5/c1-6-39-32(45)36(23-25-11-8-7-9-12-25)15-10-18-42(24-36)30(43)29(22-26-13-14-27(37)28(38)21-26)40-31(44)35(5)16-19-41(20-17-35)33(46)47-34(2,3)4/h7-9,11-14,21,29H,6,10,15-20,22-24H2,1-5H3,(H,39,45)(H,40,44)/t29?,36-/m0/s1. The number of amides is 4. The van der Waals surface area contributed by atoms with E-state index >= 15 is 0 Å². The van der Waals surface area contributed by atoms with Crippen molar-refractivity contribution in [3.63, 3.8) is 0 Å². The van der Waals surface area contributed by atoms with Gasteiger partial charge in [-0.05, 0) is 83.1 Å². The highest BCUT2D eigenvalue weighted by molar-refractivity contribution is 6.42. The molecule has 2 aromatic rings. The lowest BCUT2D eigenvalue weighted by Crippen LogP contribution is -2.59. The van der Waals surface area contributed by atoms with Gasteiger partial charge in [0.1, 0.15) is 11.6 Å². The van der Waals surface area contributed by atoms with Gasteiger partial charge in [0.05, 0.1) is 15.5 Å². The first-order chi connectivity index (χ1) is 22.1. The zero-order valence-electron chi connectivity index (χ0n) is 28.2. The molecule has 2 atom stereocenters. The van der Waals surface area contributed by atoms with Crippen molar-refractivity contribution in [3.05, 3.63) is 69.7 Å². The number of nitrogens with zero attached hydrogens (tertiary/aromatic N) is 2. The summed E-state index contributed by atoms with van der Waals surface area (Å²) in [4.78, 5) is 58.0. The zero-order chi connectivity index (χ0) is 34.4. The molecule has 2 aliphatic heterocycles. The number of carbonyl (C=O) groups excluding carboxylic acids is 4. The Morgan fingerprint density at radius 3 is 2.19 bits per heavy atom. The van der Waals surface area contributed by atoms with Crippen LogP contribution in [0.5, 0.6) is 0 Å². The minimum absolute atomic E-state index is 0.0734. The van der Waals surface area contributed by atoms with Crippen LogP contribution in [0.1, 0.15) is 71.4 Å². The summed E-state index contributed by atoms with van der Waals surface area (Å²) in [5.74, 6) is -0.577. The van der Waals surface area contributed by atoms with Crippen molar-refractivity contribution in [1.29, 1.82) is 0 Å². The normalized spacial score (nSPS) is 20.2. The molecule has 4 amide bonds. The van der Waals surface area contributed by atoms with E-state index in [1.165, 1.54) is 0 Å². The van der Waals surface area contributed by atoms with Crippen molar-refractivity contribution in [2.75, 3.05) is 32.7 Å². The summed E-state index contributed by atoms with van der Waals surface area (Å²) in [6, 6.07) is 14.1. The predicted molar refractivity (Wildman–Crippen MR) is 184 cm³/mol. The summed E-state index contributed by atoms with van der Waals surface area (Å²) >= 11 is 12.5. The third-order valence-corrected chi connectivity index (χ3v) is 9.93. The van der Waals surface area contributed by atoms with Gasteiger partial charge in [0.2, 0.25) is 17.7 Å². The highest BCUT2D eigenvalue weighted by atomic mass is 35.5. The maximum Gasteiger partial charge on any atom is 0.410 e. The lowest BCUT2D eigenvalue weighted by molar-refractivity contribution is -0.146.